The van der Waals surface area contributed by atoms with Crippen LogP contribution in [-0.2, 0) is 4.79 Å². The van der Waals surface area contributed by atoms with Crippen molar-refractivity contribution in [1.82, 2.24) is 0 Å². The highest BCUT2D eigenvalue weighted by molar-refractivity contribution is 5.69. The second kappa shape index (κ2) is 5.24. The second-order valence-electron chi connectivity index (χ2n) is 2.98. The molecule has 0 aliphatic heterocycles. The number of rotatable bonds is 5. The van der Waals surface area contributed by atoms with Crippen molar-refractivity contribution in [3.05, 3.63) is 24.3 Å². The van der Waals surface area contributed by atoms with Gasteiger partial charge in [0, 0.05) is 0 Å². The molecule has 0 bridgehead atoms. The molecule has 4 nitrogen and oxygen atoms in total. The van der Waals surface area contributed by atoms with Crippen molar-refractivity contribution in [2.24, 2.45) is 0 Å². The molecule has 82 valence electrons. The number of carboxylic acid groups (broad SMARTS) is 1. The molecule has 0 spiro atoms. The van der Waals surface area contributed by atoms with E-state index in [1.54, 1.807) is 24.3 Å². The molecule has 0 radical (unpaired) electrons. The van der Waals surface area contributed by atoms with Crippen LogP contribution in [0.15, 0.2) is 24.3 Å². The van der Waals surface area contributed by atoms with Crippen LogP contribution in [0.5, 0.6) is 11.5 Å². The summed E-state index contributed by atoms with van der Waals surface area (Å²) >= 11 is 0. The zero-order valence-electron chi connectivity index (χ0n) is 8.73. The van der Waals surface area contributed by atoms with Gasteiger partial charge < -0.3 is 19.4 Å². The van der Waals surface area contributed by atoms with Crippen molar-refractivity contribution in [2.45, 2.75) is 20.0 Å². The monoisotopic (exact) mass is 209 g/mol. The van der Waals surface area contributed by atoms with Gasteiger partial charge in [-0.3, -0.25) is 0 Å². The number of benzene rings is 1. The number of carbonyl (C=O) groups is 1. The Kier molecular flexibility index (Phi) is 3.97. The summed E-state index contributed by atoms with van der Waals surface area (Å²) in [7, 11) is 0. The van der Waals surface area contributed by atoms with Crippen molar-refractivity contribution in [3.63, 3.8) is 0 Å². The molecule has 1 aromatic carbocycles. The lowest BCUT2D eigenvalue weighted by Gasteiger charge is -2.15. The predicted molar refractivity (Wildman–Crippen MR) is 52.7 cm³/mol. The largest absolute Gasteiger partial charge is 0.546 e. The molecular weight excluding hydrogens is 196 g/mol. The van der Waals surface area contributed by atoms with Crippen LogP contribution in [0, 0.1) is 0 Å². The van der Waals surface area contributed by atoms with Gasteiger partial charge in [0.05, 0.1) is 12.6 Å². The highest BCUT2D eigenvalue weighted by Crippen LogP contribution is 2.18. The van der Waals surface area contributed by atoms with E-state index in [9.17, 15) is 9.90 Å². The molecule has 0 N–H and O–H groups in total. The minimum atomic E-state index is -1.23. The van der Waals surface area contributed by atoms with Crippen molar-refractivity contribution in [2.75, 3.05) is 6.61 Å². The number of carboxylic acids is 1. The Morgan fingerprint density at radius 3 is 2.33 bits per heavy atom. The summed E-state index contributed by atoms with van der Waals surface area (Å²) in [6.45, 7) is 3.91. The fraction of sp³-hybridized carbons (Fsp3) is 0.364. The molecule has 4 heteroatoms. The van der Waals surface area contributed by atoms with Gasteiger partial charge in [0.2, 0.25) is 0 Å². The zero-order valence-corrected chi connectivity index (χ0v) is 8.73. The molecule has 1 rings (SSSR count). The summed E-state index contributed by atoms with van der Waals surface area (Å²) in [5.74, 6) is -0.0232. The minimum absolute atomic E-state index is 0.482. The predicted octanol–water partition coefficient (Wildman–Crippen LogP) is 0.602. The summed E-state index contributed by atoms with van der Waals surface area (Å²) in [5.41, 5.74) is 0. The number of carbonyl (C=O) groups excluding carboxylic acids is 1. The summed E-state index contributed by atoms with van der Waals surface area (Å²) in [4.78, 5) is 10.4. The molecule has 0 unspecified atom stereocenters. The van der Waals surface area contributed by atoms with E-state index in [2.05, 4.69) is 0 Å². The van der Waals surface area contributed by atoms with E-state index in [4.69, 9.17) is 9.47 Å². The average molecular weight is 209 g/mol. The molecule has 0 saturated heterocycles. The maximum atomic E-state index is 10.4. The normalized spacial score (nSPS) is 11.9. The first-order chi connectivity index (χ1) is 7.13. The van der Waals surface area contributed by atoms with E-state index in [-0.39, 0.29) is 0 Å². The Hall–Kier alpha value is -1.71. The maximum absolute atomic E-state index is 10.4. The van der Waals surface area contributed by atoms with Crippen LogP contribution < -0.4 is 14.6 Å². The van der Waals surface area contributed by atoms with Crippen LogP contribution in [0.1, 0.15) is 13.8 Å². The van der Waals surface area contributed by atoms with E-state index in [0.29, 0.717) is 12.4 Å². The van der Waals surface area contributed by atoms with Crippen LogP contribution in [0.2, 0.25) is 0 Å². The number of ether oxygens (including phenoxy) is 2. The molecule has 1 aromatic rings. The molecule has 15 heavy (non-hydrogen) atoms. The Labute approximate surface area is 88.4 Å². The summed E-state index contributed by atoms with van der Waals surface area (Å²) < 4.78 is 10.3. The first-order valence-corrected chi connectivity index (χ1v) is 4.74. The van der Waals surface area contributed by atoms with E-state index in [1.165, 1.54) is 6.92 Å². The third kappa shape index (κ3) is 3.50. The number of hydrogen-bond donors (Lipinski definition) is 0. The lowest BCUT2D eigenvalue weighted by molar-refractivity contribution is -0.312. The second-order valence-corrected chi connectivity index (χ2v) is 2.98. The fourth-order valence-electron chi connectivity index (χ4n) is 1.03. The van der Waals surface area contributed by atoms with Gasteiger partial charge in [-0.2, -0.15) is 0 Å². The van der Waals surface area contributed by atoms with Gasteiger partial charge >= 0.3 is 0 Å². The summed E-state index contributed by atoms with van der Waals surface area (Å²) in [6, 6.07) is 6.76. The Morgan fingerprint density at radius 2 is 1.87 bits per heavy atom. The standard InChI is InChI=1S/C11H14O4/c1-3-14-9-4-6-10(7-5-9)15-8(2)11(12)13/h4-8H,3H2,1-2H3,(H,12,13)/p-1/t8-/m0/s1. The van der Waals surface area contributed by atoms with Crippen LogP contribution >= 0.6 is 0 Å². The number of hydrogen-bond acceptors (Lipinski definition) is 4. The molecule has 0 amide bonds. The molecule has 0 aliphatic rings. The van der Waals surface area contributed by atoms with Crippen molar-refractivity contribution >= 4 is 5.97 Å². The van der Waals surface area contributed by atoms with Crippen LogP contribution in [0.3, 0.4) is 0 Å². The molecule has 0 fully saturated rings. The third-order valence-electron chi connectivity index (χ3n) is 1.78. The quantitative estimate of drug-likeness (QED) is 0.712. The molecule has 0 aromatic heterocycles. The minimum Gasteiger partial charge on any atom is -0.546 e. The summed E-state index contributed by atoms with van der Waals surface area (Å²) in [5, 5.41) is 10.4. The van der Waals surface area contributed by atoms with Gasteiger partial charge in [0.1, 0.15) is 17.6 Å². The Bertz CT molecular complexity index is 318. The van der Waals surface area contributed by atoms with E-state index < -0.39 is 12.1 Å². The van der Waals surface area contributed by atoms with Crippen molar-refractivity contribution in [3.8, 4) is 11.5 Å². The maximum Gasteiger partial charge on any atom is 0.135 e. The smallest absolute Gasteiger partial charge is 0.135 e. The van der Waals surface area contributed by atoms with E-state index in [0.717, 1.165) is 5.75 Å². The molecule has 0 aliphatic carbocycles. The third-order valence-corrected chi connectivity index (χ3v) is 1.78. The summed E-state index contributed by atoms with van der Waals surface area (Å²) in [6.07, 6.45) is -0.956. The van der Waals surface area contributed by atoms with Gasteiger partial charge in [0.15, 0.2) is 0 Å². The van der Waals surface area contributed by atoms with Crippen molar-refractivity contribution < 1.29 is 19.4 Å². The van der Waals surface area contributed by atoms with Gasteiger partial charge in [-0.25, -0.2) is 0 Å². The van der Waals surface area contributed by atoms with Gasteiger partial charge in [-0.05, 0) is 38.1 Å². The first-order valence-electron chi connectivity index (χ1n) is 4.74. The SMILES string of the molecule is CCOc1ccc(O[C@@H](C)C(=O)[O-])cc1. The van der Waals surface area contributed by atoms with Crippen LogP contribution in [0.25, 0.3) is 0 Å². The average Bonchev–Trinajstić information content (AvgIpc) is 2.21. The molecular formula is C11H13O4-. The van der Waals surface area contributed by atoms with Gasteiger partial charge in [-0.15, -0.1) is 0 Å². The van der Waals surface area contributed by atoms with Crippen LogP contribution in [-0.4, -0.2) is 18.7 Å². The lowest BCUT2D eigenvalue weighted by Crippen LogP contribution is -2.37. The zero-order chi connectivity index (χ0) is 11.3. The number of aliphatic carboxylic acids is 1. The topological polar surface area (TPSA) is 58.6 Å². The fourth-order valence-corrected chi connectivity index (χ4v) is 1.03. The molecule has 0 heterocycles. The lowest BCUT2D eigenvalue weighted by atomic mass is 10.3. The highest BCUT2D eigenvalue weighted by Gasteiger charge is 2.04. The Morgan fingerprint density at radius 1 is 1.33 bits per heavy atom. The van der Waals surface area contributed by atoms with Crippen LogP contribution in [0.4, 0.5) is 0 Å². The Balaban J connectivity index is 2.60. The first kappa shape index (κ1) is 11.4. The van der Waals surface area contributed by atoms with E-state index in [1.807, 2.05) is 6.92 Å². The highest BCUT2D eigenvalue weighted by atomic mass is 16.5. The van der Waals surface area contributed by atoms with Crippen molar-refractivity contribution in [1.29, 1.82) is 0 Å². The molecule has 1 atom stereocenters. The van der Waals surface area contributed by atoms with Gasteiger partial charge in [-0.1, -0.05) is 0 Å². The molecule has 0 saturated carbocycles. The van der Waals surface area contributed by atoms with E-state index >= 15 is 0 Å². The van der Waals surface area contributed by atoms with Gasteiger partial charge in [0.25, 0.3) is 0 Å².